The summed E-state index contributed by atoms with van der Waals surface area (Å²) in [5, 5.41) is 7.63. The molecule has 0 saturated carbocycles. The van der Waals surface area contributed by atoms with Crippen molar-refractivity contribution >= 4 is 82.5 Å². The van der Waals surface area contributed by atoms with E-state index in [-0.39, 0.29) is 6.04 Å². The summed E-state index contributed by atoms with van der Waals surface area (Å²) in [4.78, 5) is 0. The molecule has 4 nitrogen and oxygen atoms in total. The Morgan fingerprint density at radius 3 is 1.67 bits per heavy atom. The fourth-order valence-electron chi connectivity index (χ4n) is 9.24. The van der Waals surface area contributed by atoms with Gasteiger partial charge >= 0.3 is 0 Å². The van der Waals surface area contributed by atoms with Gasteiger partial charge < -0.3 is 13.7 Å². The van der Waals surface area contributed by atoms with Crippen molar-refractivity contribution in [2.75, 3.05) is 0 Å². The minimum Gasteiger partial charge on any atom is -0.316 e. The van der Waals surface area contributed by atoms with E-state index in [1.807, 2.05) is 0 Å². The summed E-state index contributed by atoms with van der Waals surface area (Å²) < 4.78 is 9.95. The van der Waals surface area contributed by atoms with Crippen molar-refractivity contribution in [3.63, 3.8) is 0 Å². The van der Waals surface area contributed by atoms with Gasteiger partial charge in [0.1, 0.15) is 11.6 Å². The Bertz CT molecular complexity index is 3170. The van der Waals surface area contributed by atoms with Crippen LogP contribution in [0.2, 0.25) is 0 Å². The smallest absolute Gasteiger partial charge is 0.235 e. The molecule has 0 saturated heterocycles. The second-order valence-electron chi connectivity index (χ2n) is 13.9. The molecule has 1 atom stereocenters. The molecule has 1 aliphatic heterocycles. The van der Waals surface area contributed by atoms with Gasteiger partial charge in [0.05, 0.1) is 27.6 Å². The number of nitrogens with zero attached hydrogens (tertiary/aromatic N) is 4. The SMILES string of the molecule is C1=CC2=[N+](c3ccc(-n4c5ccccc5c5ccccc54)cc3)c3cccc4c5ccc6c7ccccc7n(-c7ccccc7)c6c5n(c34)C2C=C1. The van der Waals surface area contributed by atoms with E-state index in [0.717, 1.165) is 11.4 Å². The van der Waals surface area contributed by atoms with Crippen LogP contribution in [0.1, 0.15) is 6.04 Å². The Balaban J connectivity index is 1.13. The highest BCUT2D eigenvalue weighted by Crippen LogP contribution is 2.47. The highest BCUT2D eigenvalue weighted by molar-refractivity contribution is 6.26. The van der Waals surface area contributed by atoms with E-state index in [2.05, 4.69) is 200 Å². The fourth-order valence-corrected chi connectivity index (χ4v) is 9.24. The van der Waals surface area contributed by atoms with Crippen LogP contribution in [0.3, 0.4) is 0 Å². The van der Waals surface area contributed by atoms with Gasteiger partial charge in [-0.3, -0.25) is 0 Å². The van der Waals surface area contributed by atoms with Gasteiger partial charge in [-0.05, 0) is 42.5 Å². The fraction of sp³-hybridized carbons (Fsp3) is 0.0208. The first kappa shape index (κ1) is 27.9. The van der Waals surface area contributed by atoms with Crippen LogP contribution < -0.4 is 4.58 Å². The zero-order chi connectivity index (χ0) is 33.9. The van der Waals surface area contributed by atoms with Crippen LogP contribution in [-0.4, -0.2) is 19.4 Å². The zero-order valence-electron chi connectivity index (χ0n) is 28.2. The molecule has 4 heteroatoms. The van der Waals surface area contributed by atoms with Gasteiger partial charge in [0.25, 0.3) is 0 Å². The van der Waals surface area contributed by atoms with Gasteiger partial charge in [-0.2, -0.15) is 4.58 Å². The minimum absolute atomic E-state index is 0.0183. The standard InChI is InChI=1S/C48H31N4/c1-2-13-31(14-3-1)51-42-21-9-6-17-36(42)38-29-30-39-37-18-12-24-45-46(37)52(48(39)47(38)51)44-23-11-10-22-43(44)50(45)33-27-25-32(26-28-33)49-40-19-7-4-15-34(40)35-16-5-8-20-41(35)49/h1-30,44H/q+1. The van der Waals surface area contributed by atoms with Crippen LogP contribution in [0, 0.1) is 0 Å². The van der Waals surface area contributed by atoms with Gasteiger partial charge in [-0.1, -0.05) is 115 Å². The molecule has 1 aliphatic carbocycles. The van der Waals surface area contributed by atoms with Crippen molar-refractivity contribution in [3.8, 4) is 11.4 Å². The van der Waals surface area contributed by atoms with E-state index < -0.39 is 0 Å². The Morgan fingerprint density at radius 1 is 0.404 bits per heavy atom. The van der Waals surface area contributed by atoms with E-state index in [1.54, 1.807) is 0 Å². The maximum absolute atomic E-state index is 2.61. The Hall–Kier alpha value is -6.91. The van der Waals surface area contributed by atoms with Crippen molar-refractivity contribution in [1.29, 1.82) is 0 Å². The number of benzene rings is 7. The molecule has 0 radical (unpaired) electrons. The summed E-state index contributed by atoms with van der Waals surface area (Å²) in [6.45, 7) is 0. The summed E-state index contributed by atoms with van der Waals surface area (Å²) in [6, 6.07) is 57.7. The lowest BCUT2D eigenvalue weighted by Crippen LogP contribution is -2.30. The van der Waals surface area contributed by atoms with Crippen LogP contribution in [0.5, 0.6) is 0 Å². The first-order valence-electron chi connectivity index (χ1n) is 18.0. The molecule has 0 N–H and O–H groups in total. The van der Waals surface area contributed by atoms with Crippen molar-refractivity contribution in [3.05, 3.63) is 182 Å². The summed E-state index contributed by atoms with van der Waals surface area (Å²) in [5.74, 6) is 0. The third-order valence-corrected chi connectivity index (χ3v) is 11.3. The predicted molar refractivity (Wildman–Crippen MR) is 218 cm³/mol. The average Bonchev–Trinajstić information content (AvgIpc) is 3.85. The Kier molecular flexibility index (Phi) is 5.53. The third-order valence-electron chi connectivity index (χ3n) is 11.3. The average molecular weight is 664 g/mol. The highest BCUT2D eigenvalue weighted by Gasteiger charge is 2.38. The second-order valence-corrected chi connectivity index (χ2v) is 13.9. The van der Waals surface area contributed by atoms with E-state index >= 15 is 0 Å². The molecule has 52 heavy (non-hydrogen) atoms. The molecular formula is C48H31N4+. The van der Waals surface area contributed by atoms with Crippen LogP contribution in [0.4, 0.5) is 11.4 Å². The number of hydrogen-bond acceptors (Lipinski definition) is 0. The van der Waals surface area contributed by atoms with Crippen molar-refractivity contribution < 1.29 is 0 Å². The Morgan fingerprint density at radius 2 is 0.962 bits per heavy atom. The molecule has 10 aromatic rings. The molecule has 4 heterocycles. The van der Waals surface area contributed by atoms with E-state index in [4.69, 9.17) is 0 Å². The second kappa shape index (κ2) is 10.3. The number of hydrogen-bond donors (Lipinski definition) is 0. The lowest BCUT2D eigenvalue weighted by Gasteiger charge is -2.25. The topological polar surface area (TPSA) is 17.8 Å². The zero-order valence-corrected chi connectivity index (χ0v) is 28.2. The van der Waals surface area contributed by atoms with Crippen LogP contribution in [0.25, 0.3) is 76.8 Å². The lowest BCUT2D eigenvalue weighted by molar-refractivity contribution is 0.782. The molecule has 12 rings (SSSR count). The van der Waals surface area contributed by atoms with Crippen LogP contribution in [-0.2, 0) is 0 Å². The van der Waals surface area contributed by atoms with Crippen LogP contribution >= 0.6 is 0 Å². The van der Waals surface area contributed by atoms with Gasteiger partial charge in [-0.25, -0.2) is 0 Å². The van der Waals surface area contributed by atoms with E-state index in [9.17, 15) is 0 Å². The van der Waals surface area contributed by atoms with Crippen molar-refractivity contribution in [1.82, 2.24) is 18.3 Å². The summed E-state index contributed by atoms with van der Waals surface area (Å²) >= 11 is 0. The summed E-state index contributed by atoms with van der Waals surface area (Å²) in [5.41, 5.74) is 13.3. The molecule has 0 spiro atoms. The molecule has 242 valence electrons. The predicted octanol–water partition coefficient (Wildman–Crippen LogP) is 11.9. The summed E-state index contributed by atoms with van der Waals surface area (Å²) in [6.07, 6.45) is 9.04. The lowest BCUT2D eigenvalue weighted by atomic mass is 10.0. The number of aromatic nitrogens is 3. The van der Waals surface area contributed by atoms with Crippen LogP contribution in [0.15, 0.2) is 182 Å². The number of rotatable bonds is 3. The van der Waals surface area contributed by atoms with E-state index in [1.165, 1.54) is 82.5 Å². The first-order chi connectivity index (χ1) is 25.8. The quantitative estimate of drug-likeness (QED) is 0.168. The number of fused-ring (bicyclic) bond motifs is 12. The molecule has 3 aromatic heterocycles. The monoisotopic (exact) mass is 663 g/mol. The largest absolute Gasteiger partial charge is 0.316 e. The number of allylic oxidation sites excluding steroid dienone is 4. The van der Waals surface area contributed by atoms with Gasteiger partial charge in [0.15, 0.2) is 0 Å². The highest BCUT2D eigenvalue weighted by atomic mass is 15.2. The van der Waals surface area contributed by atoms with Gasteiger partial charge in [0.2, 0.25) is 17.1 Å². The molecule has 1 unspecified atom stereocenters. The van der Waals surface area contributed by atoms with Crippen molar-refractivity contribution in [2.45, 2.75) is 6.04 Å². The first-order valence-corrected chi connectivity index (χ1v) is 18.0. The van der Waals surface area contributed by atoms with Crippen molar-refractivity contribution in [2.24, 2.45) is 0 Å². The normalized spacial score (nSPS) is 15.3. The maximum Gasteiger partial charge on any atom is 0.235 e. The molecule has 0 bridgehead atoms. The van der Waals surface area contributed by atoms with Gasteiger partial charge in [-0.15, -0.1) is 0 Å². The maximum atomic E-state index is 2.61. The molecule has 0 fully saturated rings. The van der Waals surface area contributed by atoms with Gasteiger partial charge in [0, 0.05) is 68.0 Å². The molecule has 2 aliphatic rings. The minimum atomic E-state index is 0.0183. The summed E-state index contributed by atoms with van der Waals surface area (Å²) in [7, 11) is 0. The number of para-hydroxylation sites is 5. The third kappa shape index (κ3) is 3.58. The molecule has 7 aromatic carbocycles. The van der Waals surface area contributed by atoms with E-state index in [0.29, 0.717) is 0 Å². The molecular weight excluding hydrogens is 633 g/mol. The Labute approximate surface area is 299 Å². The molecule has 0 amide bonds.